The summed E-state index contributed by atoms with van der Waals surface area (Å²) < 4.78 is 31.3. The van der Waals surface area contributed by atoms with Crippen LogP contribution in [0.1, 0.15) is 21.2 Å². The van der Waals surface area contributed by atoms with Crippen molar-refractivity contribution < 1.29 is 22.7 Å². The van der Waals surface area contributed by atoms with Crippen molar-refractivity contribution in [2.24, 2.45) is 7.05 Å². The lowest BCUT2D eigenvalue weighted by Gasteiger charge is -2.05. The molecule has 0 spiro atoms. The summed E-state index contributed by atoms with van der Waals surface area (Å²) in [5, 5.41) is 11.2. The molecule has 3 rings (SSSR count). The van der Waals surface area contributed by atoms with E-state index in [1.807, 2.05) is 0 Å². The van der Waals surface area contributed by atoms with Gasteiger partial charge in [-0.3, -0.25) is 4.79 Å². The van der Waals surface area contributed by atoms with Gasteiger partial charge in [0, 0.05) is 7.05 Å². The molecule has 0 aliphatic rings. The van der Waals surface area contributed by atoms with Gasteiger partial charge in [-0.05, 0) is 19.1 Å². The molecule has 13 heteroatoms. The lowest BCUT2D eigenvalue weighted by Crippen LogP contribution is -2.14. The number of rotatable bonds is 8. The van der Waals surface area contributed by atoms with Gasteiger partial charge in [0.05, 0.1) is 23.5 Å². The fraction of sp³-hybridized carbons (Fsp3) is 0.278. The van der Waals surface area contributed by atoms with E-state index in [1.165, 1.54) is 19.2 Å². The molecule has 0 fully saturated rings. The number of thiazole rings is 1. The van der Waals surface area contributed by atoms with Crippen molar-refractivity contribution in [1.82, 2.24) is 19.7 Å². The smallest absolute Gasteiger partial charge is 0.350 e. The van der Waals surface area contributed by atoms with Gasteiger partial charge in [0.2, 0.25) is 5.91 Å². The highest BCUT2D eigenvalue weighted by Crippen LogP contribution is 2.24. The molecule has 0 radical (unpaired) electrons. The number of anilines is 1. The maximum absolute atomic E-state index is 12.5. The van der Waals surface area contributed by atoms with Crippen molar-refractivity contribution in [2.45, 2.75) is 22.7 Å². The van der Waals surface area contributed by atoms with Gasteiger partial charge in [-0.2, -0.15) is 0 Å². The number of nitrogens with zero attached hydrogens (tertiary/aromatic N) is 4. The zero-order valence-electron chi connectivity index (χ0n) is 16.9. The number of methoxy groups -OCH3 is 1. The standard InChI is InChI=1S/C18H19N5O5S3/c1-11-15(16(25)28-3)30-17(19-11)20-14(24)9-29-18-22-21-13(23(18)2)10-31(26,27)12-7-5-4-6-8-12/h4-8H,9-10H2,1-3H3,(H,19,20,24). The van der Waals surface area contributed by atoms with Crippen LogP contribution in [0.15, 0.2) is 40.4 Å². The van der Waals surface area contributed by atoms with Crippen LogP contribution in [-0.2, 0) is 32.2 Å². The number of carbonyl (C=O) groups is 2. The van der Waals surface area contributed by atoms with E-state index < -0.39 is 15.8 Å². The van der Waals surface area contributed by atoms with E-state index in [2.05, 4.69) is 25.2 Å². The molecule has 2 heterocycles. The van der Waals surface area contributed by atoms with E-state index in [4.69, 9.17) is 0 Å². The fourth-order valence-electron chi connectivity index (χ4n) is 2.49. The number of carbonyl (C=O) groups excluding carboxylic acids is 2. The number of esters is 1. The molecule has 1 N–H and O–H groups in total. The maximum Gasteiger partial charge on any atom is 0.350 e. The summed E-state index contributed by atoms with van der Waals surface area (Å²) in [6, 6.07) is 8.10. The zero-order valence-corrected chi connectivity index (χ0v) is 19.3. The summed E-state index contributed by atoms with van der Waals surface area (Å²) in [5.74, 6) is -0.894. The number of hydrogen-bond acceptors (Lipinski definition) is 10. The Hall–Kier alpha value is -2.77. The Morgan fingerprint density at radius 3 is 2.61 bits per heavy atom. The highest BCUT2D eigenvalue weighted by Gasteiger charge is 2.21. The molecule has 1 amide bonds. The van der Waals surface area contributed by atoms with Crippen LogP contribution < -0.4 is 5.32 Å². The van der Waals surface area contributed by atoms with Crippen molar-refractivity contribution in [3.8, 4) is 0 Å². The van der Waals surface area contributed by atoms with Crippen molar-refractivity contribution in [2.75, 3.05) is 18.2 Å². The second-order valence-electron chi connectivity index (χ2n) is 6.29. The van der Waals surface area contributed by atoms with Gasteiger partial charge >= 0.3 is 5.97 Å². The Kier molecular flexibility index (Phi) is 7.08. The van der Waals surface area contributed by atoms with Crippen molar-refractivity contribution in [1.29, 1.82) is 0 Å². The van der Waals surface area contributed by atoms with Crippen molar-refractivity contribution >= 4 is 49.9 Å². The predicted molar refractivity (Wildman–Crippen MR) is 116 cm³/mol. The van der Waals surface area contributed by atoms with Gasteiger partial charge < -0.3 is 14.6 Å². The molecule has 0 unspecified atom stereocenters. The van der Waals surface area contributed by atoms with Gasteiger partial charge in [-0.15, -0.1) is 10.2 Å². The highest BCUT2D eigenvalue weighted by atomic mass is 32.2. The monoisotopic (exact) mass is 481 g/mol. The van der Waals surface area contributed by atoms with E-state index in [0.717, 1.165) is 23.1 Å². The van der Waals surface area contributed by atoms with Gasteiger partial charge in [-0.1, -0.05) is 41.3 Å². The van der Waals surface area contributed by atoms with Crippen LogP contribution >= 0.6 is 23.1 Å². The largest absolute Gasteiger partial charge is 0.465 e. The number of thioether (sulfide) groups is 1. The van der Waals surface area contributed by atoms with Crippen LogP contribution in [0, 0.1) is 6.92 Å². The first-order valence-electron chi connectivity index (χ1n) is 8.85. The third-order valence-corrected chi connectivity index (χ3v) is 7.79. The molecule has 2 aromatic heterocycles. The number of aryl methyl sites for hydroxylation is 1. The van der Waals surface area contributed by atoms with Crippen LogP contribution in [0.2, 0.25) is 0 Å². The summed E-state index contributed by atoms with van der Waals surface area (Å²) in [4.78, 5) is 28.6. The Bertz CT molecular complexity index is 1200. The maximum atomic E-state index is 12.5. The molecule has 0 bridgehead atoms. The molecule has 0 aliphatic heterocycles. The van der Waals surface area contributed by atoms with Crippen LogP contribution in [0.4, 0.5) is 5.13 Å². The van der Waals surface area contributed by atoms with E-state index in [0.29, 0.717) is 15.7 Å². The zero-order chi connectivity index (χ0) is 22.6. The predicted octanol–water partition coefficient (Wildman–Crippen LogP) is 2.07. The number of hydrogen-bond donors (Lipinski definition) is 1. The number of amides is 1. The fourth-order valence-corrected chi connectivity index (χ4v) is 5.46. The molecule has 1 aromatic carbocycles. The average molecular weight is 482 g/mol. The average Bonchev–Trinajstić information content (AvgIpc) is 3.28. The molecule has 10 nitrogen and oxygen atoms in total. The summed E-state index contributed by atoms with van der Waals surface area (Å²) in [5.41, 5.74) is 0.470. The summed E-state index contributed by atoms with van der Waals surface area (Å²) in [6.45, 7) is 1.65. The van der Waals surface area contributed by atoms with E-state index in [9.17, 15) is 18.0 Å². The van der Waals surface area contributed by atoms with Gasteiger partial charge in [-0.25, -0.2) is 18.2 Å². The van der Waals surface area contributed by atoms with Crippen molar-refractivity contribution in [3.63, 3.8) is 0 Å². The molecule has 31 heavy (non-hydrogen) atoms. The van der Waals surface area contributed by atoms with Gasteiger partial charge in [0.1, 0.15) is 16.5 Å². The number of aromatic nitrogens is 4. The van der Waals surface area contributed by atoms with E-state index in [1.54, 1.807) is 36.7 Å². The summed E-state index contributed by atoms with van der Waals surface area (Å²) in [7, 11) is -0.646. The Morgan fingerprint density at radius 2 is 1.94 bits per heavy atom. The third kappa shape index (κ3) is 5.48. The Balaban J connectivity index is 1.61. The number of ether oxygens (including phenoxy) is 1. The normalized spacial score (nSPS) is 11.3. The highest BCUT2D eigenvalue weighted by molar-refractivity contribution is 7.99. The molecule has 0 aliphatic carbocycles. The van der Waals surface area contributed by atoms with Crippen LogP contribution in [0.25, 0.3) is 0 Å². The Labute approximate surface area is 187 Å². The lowest BCUT2D eigenvalue weighted by molar-refractivity contribution is -0.113. The first kappa shape index (κ1) is 22.9. The van der Waals surface area contributed by atoms with E-state index in [-0.39, 0.29) is 33.3 Å². The number of sulfone groups is 1. The quantitative estimate of drug-likeness (QED) is 0.379. The molecule has 3 aromatic rings. The molecular formula is C18H19N5O5S3. The van der Waals surface area contributed by atoms with Crippen molar-refractivity contribution in [3.05, 3.63) is 46.7 Å². The second kappa shape index (κ2) is 9.58. The lowest BCUT2D eigenvalue weighted by atomic mass is 10.4. The number of benzene rings is 1. The van der Waals surface area contributed by atoms with E-state index >= 15 is 0 Å². The summed E-state index contributed by atoms with van der Waals surface area (Å²) in [6.07, 6.45) is 0. The molecule has 0 atom stereocenters. The molecule has 0 saturated heterocycles. The van der Waals surface area contributed by atoms with Crippen LogP contribution in [0.3, 0.4) is 0 Å². The molecule has 0 saturated carbocycles. The number of nitrogens with one attached hydrogen (secondary N) is 1. The van der Waals surface area contributed by atoms with Crippen LogP contribution in [-0.4, -0.2) is 52.9 Å². The first-order chi connectivity index (χ1) is 14.7. The first-order valence-corrected chi connectivity index (χ1v) is 12.3. The van der Waals surface area contributed by atoms with Gasteiger partial charge in [0.25, 0.3) is 0 Å². The minimum absolute atomic E-state index is 0.00357. The van der Waals surface area contributed by atoms with Crippen LogP contribution in [0.5, 0.6) is 0 Å². The molecular weight excluding hydrogens is 462 g/mol. The molecule has 164 valence electrons. The summed E-state index contributed by atoms with van der Waals surface area (Å²) >= 11 is 2.13. The minimum Gasteiger partial charge on any atom is -0.465 e. The minimum atomic E-state index is -3.56. The second-order valence-corrected chi connectivity index (χ2v) is 10.2. The topological polar surface area (TPSA) is 133 Å². The van der Waals surface area contributed by atoms with Gasteiger partial charge in [0.15, 0.2) is 20.1 Å². The SMILES string of the molecule is COC(=O)c1sc(NC(=O)CSc2nnc(CS(=O)(=O)c3ccccc3)n2C)nc1C. The Morgan fingerprint density at radius 1 is 1.23 bits per heavy atom. The third-order valence-electron chi connectivity index (χ3n) is 4.09.